The molecule has 0 saturated heterocycles. The molecule has 1 aromatic carbocycles. The summed E-state index contributed by atoms with van der Waals surface area (Å²) in [5.74, 6) is 1.68. The van der Waals surface area contributed by atoms with Crippen LogP contribution in [0.4, 0.5) is 0 Å². The molecule has 28 heavy (non-hydrogen) atoms. The van der Waals surface area contributed by atoms with E-state index in [9.17, 15) is 0 Å². The van der Waals surface area contributed by atoms with Crippen LogP contribution in [-0.2, 0) is 32.2 Å². The number of rotatable bonds is 2. The lowest BCUT2D eigenvalue weighted by Crippen LogP contribution is -2.24. The molecule has 1 aliphatic carbocycles. The van der Waals surface area contributed by atoms with Gasteiger partial charge in [0, 0.05) is 58.9 Å². The summed E-state index contributed by atoms with van der Waals surface area (Å²) in [4.78, 5) is 9.05. The van der Waals surface area contributed by atoms with Crippen molar-refractivity contribution in [3.8, 4) is 17.0 Å². The van der Waals surface area contributed by atoms with Crippen LogP contribution in [0.25, 0.3) is 11.3 Å². The van der Waals surface area contributed by atoms with E-state index in [2.05, 4.69) is 20.4 Å². The normalized spacial score (nSPS) is 19.8. The summed E-state index contributed by atoms with van der Waals surface area (Å²) < 4.78 is 12.1. The summed E-state index contributed by atoms with van der Waals surface area (Å²) in [6, 6.07) is 3.95. The number of aryl methyl sites for hydroxylation is 1. The fourth-order valence-electron chi connectivity index (χ4n) is 4.65. The average molecular weight is 395 g/mol. The topological polar surface area (TPSA) is 73.1 Å². The summed E-state index contributed by atoms with van der Waals surface area (Å²) in [5.41, 5.74) is 7.54. The van der Waals surface area contributed by atoms with E-state index >= 15 is 0 Å². The summed E-state index contributed by atoms with van der Waals surface area (Å²) >= 11 is 6.47. The number of hydrogen-bond donors (Lipinski definition) is 1. The Morgan fingerprint density at radius 3 is 3.00 bits per heavy atom. The third kappa shape index (κ3) is 2.48. The van der Waals surface area contributed by atoms with Crippen LogP contribution in [0.15, 0.2) is 23.0 Å². The van der Waals surface area contributed by atoms with Crippen LogP contribution in [0.2, 0.25) is 5.02 Å². The number of hydrogen-bond acceptors (Lipinski definition) is 6. The van der Waals surface area contributed by atoms with Crippen molar-refractivity contribution in [2.75, 3.05) is 6.54 Å². The summed E-state index contributed by atoms with van der Waals surface area (Å²) in [6.07, 6.45) is 6.20. The highest BCUT2D eigenvalue weighted by Gasteiger charge is 2.35. The average Bonchev–Trinajstić information content (AvgIpc) is 3.43. The Balaban J connectivity index is 1.43. The van der Waals surface area contributed by atoms with E-state index in [4.69, 9.17) is 20.9 Å². The van der Waals surface area contributed by atoms with E-state index in [0.29, 0.717) is 5.02 Å². The highest BCUT2D eigenvalue weighted by Crippen LogP contribution is 2.46. The summed E-state index contributed by atoms with van der Waals surface area (Å²) in [6.45, 7) is 1.71. The molecule has 0 amide bonds. The molecule has 1 atom stereocenters. The van der Waals surface area contributed by atoms with Crippen LogP contribution in [-0.4, -0.2) is 21.7 Å². The molecule has 1 N–H and O–H groups in total. The molecule has 142 valence electrons. The molecule has 2 aromatic heterocycles. The first-order valence-electron chi connectivity index (χ1n) is 9.78. The maximum Gasteiger partial charge on any atom is 0.182 e. The van der Waals surface area contributed by atoms with Crippen molar-refractivity contribution in [1.82, 2.24) is 20.4 Å². The van der Waals surface area contributed by atoms with Crippen molar-refractivity contribution in [2.24, 2.45) is 0 Å². The van der Waals surface area contributed by atoms with Gasteiger partial charge in [0.1, 0.15) is 12.1 Å². The molecule has 3 aromatic rings. The predicted molar refractivity (Wildman–Crippen MR) is 103 cm³/mol. The first-order valence-corrected chi connectivity index (χ1v) is 10.2. The lowest BCUT2D eigenvalue weighted by Gasteiger charge is -2.15. The van der Waals surface area contributed by atoms with Gasteiger partial charge in [0.05, 0.1) is 11.4 Å². The van der Waals surface area contributed by atoms with Gasteiger partial charge in [-0.1, -0.05) is 16.8 Å². The fourth-order valence-corrected chi connectivity index (χ4v) is 4.89. The molecule has 0 fully saturated rings. The number of nitrogens with zero attached hydrogens (tertiary/aromatic N) is 3. The lowest BCUT2D eigenvalue weighted by atomic mass is 9.99. The van der Waals surface area contributed by atoms with Crippen LogP contribution in [0.5, 0.6) is 5.75 Å². The largest absolute Gasteiger partial charge is 0.481 e. The van der Waals surface area contributed by atoms with E-state index in [1.807, 2.05) is 12.1 Å². The molecule has 6 nitrogen and oxygen atoms in total. The van der Waals surface area contributed by atoms with Gasteiger partial charge in [-0.2, -0.15) is 0 Å². The molecule has 1 unspecified atom stereocenters. The smallest absolute Gasteiger partial charge is 0.182 e. The van der Waals surface area contributed by atoms with E-state index in [1.54, 1.807) is 6.33 Å². The van der Waals surface area contributed by atoms with Crippen LogP contribution in [0.1, 0.15) is 46.4 Å². The van der Waals surface area contributed by atoms with Gasteiger partial charge in [0.2, 0.25) is 0 Å². The molecule has 0 spiro atoms. The molecule has 0 saturated carbocycles. The lowest BCUT2D eigenvalue weighted by molar-refractivity contribution is 0.189. The number of benzene rings is 1. The van der Waals surface area contributed by atoms with Gasteiger partial charge in [0.15, 0.2) is 11.9 Å². The molecule has 7 heteroatoms. The summed E-state index contributed by atoms with van der Waals surface area (Å²) in [5, 5.41) is 8.36. The molecule has 2 aliphatic heterocycles. The van der Waals surface area contributed by atoms with Crippen LogP contribution in [0.3, 0.4) is 0 Å². The van der Waals surface area contributed by atoms with Gasteiger partial charge < -0.3 is 14.6 Å². The van der Waals surface area contributed by atoms with E-state index in [1.165, 1.54) is 5.56 Å². The summed E-state index contributed by atoms with van der Waals surface area (Å²) in [7, 11) is 0. The third-order valence-corrected chi connectivity index (χ3v) is 6.18. The first kappa shape index (κ1) is 16.5. The Hall–Kier alpha value is -2.44. The van der Waals surface area contributed by atoms with Gasteiger partial charge in [0.25, 0.3) is 0 Å². The second-order valence-electron chi connectivity index (χ2n) is 7.65. The molecule has 6 rings (SSSR count). The second kappa shape index (κ2) is 6.29. The number of nitrogens with one attached hydrogen (secondary N) is 1. The fraction of sp³-hybridized carbons (Fsp3) is 0.381. The number of fused-ring (bicyclic) bond motifs is 3. The van der Waals surface area contributed by atoms with Gasteiger partial charge in [-0.25, -0.2) is 9.97 Å². The molecular weight excluding hydrogens is 376 g/mol. The zero-order chi connectivity index (χ0) is 18.7. The quantitative estimate of drug-likeness (QED) is 0.716. The van der Waals surface area contributed by atoms with Crippen molar-refractivity contribution < 1.29 is 9.26 Å². The molecule has 0 bridgehead atoms. The SMILES string of the molecule is Clc1cc2c(c(-c3ncnc4c3CCC4)c1)OC(c1onc3c1CNCC3)C2. The van der Waals surface area contributed by atoms with Crippen molar-refractivity contribution >= 4 is 11.6 Å². The Labute approximate surface area is 167 Å². The van der Waals surface area contributed by atoms with Gasteiger partial charge >= 0.3 is 0 Å². The van der Waals surface area contributed by atoms with Crippen molar-refractivity contribution in [3.63, 3.8) is 0 Å². The highest BCUT2D eigenvalue weighted by molar-refractivity contribution is 6.31. The van der Waals surface area contributed by atoms with Crippen molar-refractivity contribution in [2.45, 2.75) is 44.8 Å². The maximum atomic E-state index is 6.47. The van der Waals surface area contributed by atoms with Crippen molar-refractivity contribution in [1.29, 1.82) is 0 Å². The highest BCUT2D eigenvalue weighted by atomic mass is 35.5. The van der Waals surface area contributed by atoms with Crippen LogP contribution < -0.4 is 10.1 Å². The van der Waals surface area contributed by atoms with Gasteiger partial charge in [-0.15, -0.1) is 0 Å². The Bertz CT molecular complexity index is 1090. The van der Waals surface area contributed by atoms with Crippen LogP contribution in [0, 0.1) is 0 Å². The number of halogens is 1. The zero-order valence-corrected chi connectivity index (χ0v) is 16.1. The monoisotopic (exact) mass is 394 g/mol. The third-order valence-electron chi connectivity index (χ3n) is 5.96. The second-order valence-corrected chi connectivity index (χ2v) is 8.09. The van der Waals surface area contributed by atoms with Gasteiger partial charge in [-0.05, 0) is 31.4 Å². The zero-order valence-electron chi connectivity index (χ0n) is 15.3. The Morgan fingerprint density at radius 1 is 1.07 bits per heavy atom. The van der Waals surface area contributed by atoms with E-state index in [0.717, 1.165) is 90.5 Å². The van der Waals surface area contributed by atoms with Crippen molar-refractivity contribution in [3.05, 3.63) is 57.3 Å². The first-order chi connectivity index (χ1) is 13.8. The molecule has 0 radical (unpaired) electrons. The predicted octanol–water partition coefficient (Wildman–Crippen LogP) is 3.60. The molecule has 3 aliphatic rings. The van der Waals surface area contributed by atoms with E-state index < -0.39 is 0 Å². The molecule has 4 heterocycles. The minimum absolute atomic E-state index is 0.182. The minimum Gasteiger partial charge on any atom is -0.481 e. The standard InChI is InChI=1S/C21H19ClN4O2/c22-12-6-11-7-18(21-15-9-23-5-4-17(15)26-28-21)27-20(11)14(8-12)19-13-2-1-3-16(13)24-10-25-19/h6,8,10,18,23H,1-5,7,9H2. The van der Waals surface area contributed by atoms with E-state index in [-0.39, 0.29) is 6.10 Å². The number of ether oxygens (including phenoxy) is 1. The Morgan fingerprint density at radius 2 is 2.04 bits per heavy atom. The van der Waals surface area contributed by atoms with Crippen LogP contribution >= 0.6 is 11.6 Å². The van der Waals surface area contributed by atoms with Gasteiger partial charge in [-0.3, -0.25) is 0 Å². The molecular formula is C21H19ClN4O2. The number of aromatic nitrogens is 3. The maximum absolute atomic E-state index is 6.47. The minimum atomic E-state index is -0.182. The Kier molecular flexibility index (Phi) is 3.71.